The maximum atomic E-state index is 12.6. The van der Waals surface area contributed by atoms with Gasteiger partial charge in [0.1, 0.15) is 13.1 Å². The average molecular weight is 356 g/mol. The normalized spacial score (nSPS) is 18.7. The highest BCUT2D eigenvalue weighted by Crippen LogP contribution is 2.40. The van der Waals surface area contributed by atoms with Gasteiger partial charge in [0.15, 0.2) is 0 Å². The Morgan fingerprint density at radius 3 is 1.46 bits per heavy atom. The molecule has 1 aromatic rings. The Balaban J connectivity index is 2.14. The molecule has 2 amide bonds. The average Bonchev–Trinajstić information content (AvgIpc) is 2.98. The number of benzene rings is 1. The van der Waals surface area contributed by atoms with E-state index in [-0.39, 0.29) is 11.1 Å². The van der Waals surface area contributed by atoms with Crippen molar-refractivity contribution < 1.29 is 29.4 Å². The first-order chi connectivity index (χ1) is 12.3. The third-order valence-corrected chi connectivity index (χ3v) is 4.38. The van der Waals surface area contributed by atoms with Gasteiger partial charge in [-0.05, 0) is 26.0 Å². The van der Waals surface area contributed by atoms with E-state index in [0.29, 0.717) is 22.5 Å². The van der Waals surface area contributed by atoms with Crippen LogP contribution in [0.4, 0.5) is 0 Å². The number of rotatable bonds is 4. The maximum absolute atomic E-state index is 12.6. The van der Waals surface area contributed by atoms with Gasteiger partial charge in [0.05, 0.1) is 11.1 Å². The lowest BCUT2D eigenvalue weighted by molar-refractivity contribution is -0.138. The molecule has 134 valence electrons. The van der Waals surface area contributed by atoms with E-state index >= 15 is 0 Å². The molecule has 1 aromatic carbocycles. The van der Waals surface area contributed by atoms with Gasteiger partial charge in [-0.1, -0.05) is 12.2 Å². The van der Waals surface area contributed by atoms with E-state index in [1.54, 1.807) is 32.1 Å². The van der Waals surface area contributed by atoms with Crippen LogP contribution in [-0.2, 0) is 9.59 Å². The van der Waals surface area contributed by atoms with E-state index in [9.17, 15) is 19.2 Å². The van der Waals surface area contributed by atoms with Crippen LogP contribution in [0.5, 0.6) is 0 Å². The van der Waals surface area contributed by atoms with Crippen molar-refractivity contribution in [1.29, 1.82) is 0 Å². The number of carboxylic acids is 2. The molecular formula is C18H16N2O6. The Morgan fingerprint density at radius 2 is 1.15 bits per heavy atom. The molecule has 8 nitrogen and oxygen atoms in total. The molecule has 2 aliphatic heterocycles. The molecule has 3 rings (SSSR count). The Morgan fingerprint density at radius 1 is 0.808 bits per heavy atom. The summed E-state index contributed by atoms with van der Waals surface area (Å²) in [5, 5.41) is 18.1. The zero-order valence-corrected chi connectivity index (χ0v) is 14.1. The lowest BCUT2D eigenvalue weighted by Gasteiger charge is -2.16. The van der Waals surface area contributed by atoms with Crippen LogP contribution in [-0.4, -0.2) is 56.9 Å². The Labute approximate surface area is 148 Å². The number of hydrogen-bond donors (Lipinski definition) is 2. The van der Waals surface area contributed by atoms with Crippen LogP contribution >= 0.6 is 0 Å². The van der Waals surface area contributed by atoms with Crippen LogP contribution in [0.25, 0.3) is 11.4 Å². The molecule has 2 heterocycles. The summed E-state index contributed by atoms with van der Waals surface area (Å²) < 4.78 is 0. The summed E-state index contributed by atoms with van der Waals surface area (Å²) in [5.74, 6) is -3.28. The molecule has 0 saturated carbocycles. The number of carbonyl (C=O) groups is 4. The van der Waals surface area contributed by atoms with Gasteiger partial charge in [0.2, 0.25) is 0 Å². The lowest BCUT2D eigenvalue weighted by atomic mass is 9.98. The van der Waals surface area contributed by atoms with Gasteiger partial charge in [-0.2, -0.15) is 0 Å². The lowest BCUT2D eigenvalue weighted by Crippen LogP contribution is -2.30. The van der Waals surface area contributed by atoms with Gasteiger partial charge in [-0.25, -0.2) is 0 Å². The van der Waals surface area contributed by atoms with E-state index in [1.807, 2.05) is 0 Å². The second kappa shape index (κ2) is 6.14. The van der Waals surface area contributed by atoms with Gasteiger partial charge in [0, 0.05) is 22.5 Å². The molecular weight excluding hydrogens is 340 g/mol. The van der Waals surface area contributed by atoms with E-state index < -0.39 is 36.8 Å². The standard InChI is InChI=1S/C18H16N2O6/c1-3-13-9-5-10-12(6-11(9)17(25)19(13)7-15(21)22)18(26)20(8-16(23)24)14(10)4-2/h3-6H,7-8H2,1-2H3,(H,21,22)(H,23,24). The summed E-state index contributed by atoms with van der Waals surface area (Å²) in [5.41, 5.74) is 2.44. The van der Waals surface area contributed by atoms with Gasteiger partial charge >= 0.3 is 11.9 Å². The minimum atomic E-state index is -1.14. The summed E-state index contributed by atoms with van der Waals surface area (Å²) in [6, 6.07) is 3.07. The first kappa shape index (κ1) is 17.4. The van der Waals surface area contributed by atoms with Crippen molar-refractivity contribution in [1.82, 2.24) is 9.80 Å². The highest BCUT2D eigenvalue weighted by atomic mass is 16.4. The van der Waals surface area contributed by atoms with Crippen LogP contribution in [0.3, 0.4) is 0 Å². The molecule has 0 saturated heterocycles. The van der Waals surface area contributed by atoms with Gasteiger partial charge in [0.25, 0.3) is 11.8 Å². The van der Waals surface area contributed by atoms with Crippen molar-refractivity contribution in [2.45, 2.75) is 13.8 Å². The quantitative estimate of drug-likeness (QED) is 0.844. The topological polar surface area (TPSA) is 115 Å². The van der Waals surface area contributed by atoms with Crippen molar-refractivity contribution >= 4 is 35.1 Å². The second-order valence-electron chi connectivity index (χ2n) is 5.86. The number of carboxylic acid groups (broad SMARTS) is 2. The fourth-order valence-electron chi connectivity index (χ4n) is 3.38. The highest BCUT2D eigenvalue weighted by Gasteiger charge is 2.39. The molecule has 0 aliphatic carbocycles. The molecule has 0 bridgehead atoms. The molecule has 2 aliphatic rings. The van der Waals surface area contributed by atoms with E-state index in [1.165, 1.54) is 6.07 Å². The zero-order chi connectivity index (χ0) is 19.2. The number of amides is 2. The minimum Gasteiger partial charge on any atom is -0.480 e. The Kier molecular flexibility index (Phi) is 4.11. The number of carbonyl (C=O) groups excluding carboxylic acids is 2. The van der Waals surface area contributed by atoms with Crippen LogP contribution < -0.4 is 0 Å². The van der Waals surface area contributed by atoms with Gasteiger partial charge in [-0.3, -0.25) is 29.0 Å². The third kappa shape index (κ3) is 2.46. The fraction of sp³-hybridized carbons (Fsp3) is 0.222. The number of hydrogen-bond acceptors (Lipinski definition) is 4. The highest BCUT2D eigenvalue weighted by molar-refractivity contribution is 6.16. The predicted octanol–water partition coefficient (Wildman–Crippen LogP) is 1.49. The van der Waals surface area contributed by atoms with Crippen LogP contribution in [0.15, 0.2) is 24.3 Å². The molecule has 0 fully saturated rings. The van der Waals surface area contributed by atoms with Crippen molar-refractivity contribution in [2.75, 3.05) is 13.1 Å². The Hall–Kier alpha value is -3.42. The third-order valence-electron chi connectivity index (χ3n) is 4.38. The summed E-state index contributed by atoms with van der Waals surface area (Å²) in [4.78, 5) is 49.6. The molecule has 0 radical (unpaired) electrons. The molecule has 2 N–H and O–H groups in total. The van der Waals surface area contributed by atoms with Crippen molar-refractivity contribution in [3.63, 3.8) is 0 Å². The number of nitrogens with zero attached hydrogens (tertiary/aromatic N) is 2. The predicted molar refractivity (Wildman–Crippen MR) is 91.1 cm³/mol. The van der Waals surface area contributed by atoms with Crippen molar-refractivity contribution in [3.05, 3.63) is 46.5 Å². The van der Waals surface area contributed by atoms with Gasteiger partial charge < -0.3 is 10.2 Å². The number of aliphatic carboxylic acids is 2. The molecule has 26 heavy (non-hydrogen) atoms. The molecule has 0 unspecified atom stereocenters. The summed E-state index contributed by atoms with van der Waals surface area (Å²) in [6.07, 6.45) is 3.28. The van der Waals surface area contributed by atoms with Gasteiger partial charge in [-0.15, -0.1) is 0 Å². The van der Waals surface area contributed by atoms with Crippen molar-refractivity contribution in [2.24, 2.45) is 0 Å². The molecule has 0 aromatic heterocycles. The first-order valence-corrected chi connectivity index (χ1v) is 7.88. The SMILES string of the molecule is CC=C1c2cc3c(cc2C(=O)N1CC(=O)O)C(=O)N(CC(=O)O)C3=CC. The Bertz CT molecular complexity index is 857. The van der Waals surface area contributed by atoms with E-state index in [4.69, 9.17) is 10.2 Å². The van der Waals surface area contributed by atoms with Crippen LogP contribution in [0.2, 0.25) is 0 Å². The summed E-state index contributed by atoms with van der Waals surface area (Å²) >= 11 is 0. The molecule has 0 atom stereocenters. The second-order valence-corrected chi connectivity index (χ2v) is 5.86. The van der Waals surface area contributed by atoms with Crippen LogP contribution in [0, 0.1) is 0 Å². The number of fused-ring (bicyclic) bond motifs is 2. The van der Waals surface area contributed by atoms with E-state index in [2.05, 4.69) is 0 Å². The van der Waals surface area contributed by atoms with E-state index in [0.717, 1.165) is 9.80 Å². The largest absolute Gasteiger partial charge is 0.480 e. The first-order valence-electron chi connectivity index (χ1n) is 7.88. The number of allylic oxidation sites excluding steroid dienone is 2. The monoisotopic (exact) mass is 356 g/mol. The summed E-state index contributed by atoms with van der Waals surface area (Å²) in [7, 11) is 0. The minimum absolute atomic E-state index is 0.235. The smallest absolute Gasteiger partial charge is 0.323 e. The summed E-state index contributed by atoms with van der Waals surface area (Å²) in [6.45, 7) is 2.43. The molecule has 0 spiro atoms. The van der Waals surface area contributed by atoms with Crippen molar-refractivity contribution in [3.8, 4) is 0 Å². The maximum Gasteiger partial charge on any atom is 0.323 e. The molecule has 8 heteroatoms. The van der Waals surface area contributed by atoms with Crippen LogP contribution in [0.1, 0.15) is 45.7 Å². The fourth-order valence-corrected chi connectivity index (χ4v) is 3.38. The zero-order valence-electron chi connectivity index (χ0n) is 14.1.